The Morgan fingerprint density at radius 2 is 2.30 bits per heavy atom. The van der Waals surface area contributed by atoms with Crippen LogP contribution in [0.15, 0.2) is 30.3 Å². The van der Waals surface area contributed by atoms with Gasteiger partial charge >= 0.3 is 0 Å². The molecule has 1 fully saturated rings. The Balaban J connectivity index is 1.83. The third-order valence-electron chi connectivity index (χ3n) is 3.56. The van der Waals surface area contributed by atoms with Gasteiger partial charge in [0.1, 0.15) is 5.82 Å². The number of hydrogen-bond acceptors (Lipinski definition) is 4. The number of para-hydroxylation sites is 1. The molecule has 104 valence electrons. The summed E-state index contributed by atoms with van der Waals surface area (Å²) in [6.45, 7) is 2.14. The molecule has 3 rings (SSSR count). The summed E-state index contributed by atoms with van der Waals surface area (Å²) in [5.41, 5.74) is 7.08. The second kappa shape index (κ2) is 5.46. The number of nitrogens with zero attached hydrogens (tertiary/aromatic N) is 1. The second-order valence-corrected chi connectivity index (χ2v) is 5.05. The minimum atomic E-state index is -0.109. The van der Waals surface area contributed by atoms with E-state index in [1.807, 2.05) is 24.3 Å². The standard InChI is InChI=1S/C15H17N3O2/c16-14-7-12(11-3-1-2-4-13(11)18-14)15(19)17-8-10-5-6-20-9-10/h1-4,7,10H,5-6,8-9H2,(H2,16,18)(H,17,19). The van der Waals surface area contributed by atoms with Crippen molar-refractivity contribution in [3.05, 3.63) is 35.9 Å². The van der Waals surface area contributed by atoms with Crippen LogP contribution in [0.4, 0.5) is 5.82 Å². The number of nitrogens with two attached hydrogens (primary N) is 1. The number of pyridine rings is 1. The third kappa shape index (κ3) is 2.58. The van der Waals surface area contributed by atoms with Crippen molar-refractivity contribution in [1.29, 1.82) is 0 Å². The number of anilines is 1. The molecule has 0 saturated carbocycles. The lowest BCUT2D eigenvalue weighted by Gasteiger charge is -2.11. The average Bonchev–Trinajstić information content (AvgIpc) is 2.97. The molecule has 1 aromatic carbocycles. The molecule has 5 heteroatoms. The zero-order chi connectivity index (χ0) is 13.9. The Hall–Kier alpha value is -2.14. The Bertz CT molecular complexity index is 636. The number of nitrogens with one attached hydrogen (secondary N) is 1. The molecule has 0 spiro atoms. The Labute approximate surface area is 117 Å². The van der Waals surface area contributed by atoms with Crippen molar-refractivity contribution in [3.8, 4) is 0 Å². The average molecular weight is 271 g/mol. The van der Waals surface area contributed by atoms with Crippen LogP contribution in [0.25, 0.3) is 10.9 Å². The zero-order valence-corrected chi connectivity index (χ0v) is 11.1. The van der Waals surface area contributed by atoms with E-state index in [-0.39, 0.29) is 5.91 Å². The number of nitrogen functional groups attached to an aromatic ring is 1. The van der Waals surface area contributed by atoms with Gasteiger partial charge in [-0.25, -0.2) is 4.98 Å². The first kappa shape index (κ1) is 12.9. The lowest BCUT2D eigenvalue weighted by molar-refractivity contribution is 0.0946. The molecule has 0 aliphatic carbocycles. The smallest absolute Gasteiger partial charge is 0.252 e. The lowest BCUT2D eigenvalue weighted by Crippen LogP contribution is -2.29. The number of ether oxygens (including phenoxy) is 1. The monoisotopic (exact) mass is 271 g/mol. The van der Waals surface area contributed by atoms with Crippen molar-refractivity contribution < 1.29 is 9.53 Å². The van der Waals surface area contributed by atoms with Gasteiger partial charge in [0, 0.05) is 24.5 Å². The number of carbonyl (C=O) groups is 1. The molecule has 1 aliphatic rings. The normalized spacial score (nSPS) is 18.3. The fourth-order valence-electron chi connectivity index (χ4n) is 2.46. The fraction of sp³-hybridized carbons (Fsp3) is 0.333. The number of fused-ring (bicyclic) bond motifs is 1. The van der Waals surface area contributed by atoms with Crippen LogP contribution < -0.4 is 11.1 Å². The van der Waals surface area contributed by atoms with E-state index in [4.69, 9.17) is 10.5 Å². The van der Waals surface area contributed by atoms with E-state index in [1.54, 1.807) is 6.07 Å². The fourth-order valence-corrected chi connectivity index (χ4v) is 2.46. The molecule has 1 amide bonds. The molecular formula is C15H17N3O2. The van der Waals surface area contributed by atoms with Crippen molar-refractivity contribution in [2.45, 2.75) is 6.42 Å². The summed E-state index contributed by atoms with van der Waals surface area (Å²) >= 11 is 0. The Morgan fingerprint density at radius 1 is 1.45 bits per heavy atom. The lowest BCUT2D eigenvalue weighted by atomic mass is 10.1. The highest BCUT2D eigenvalue weighted by atomic mass is 16.5. The van der Waals surface area contributed by atoms with Crippen molar-refractivity contribution in [2.24, 2.45) is 5.92 Å². The summed E-state index contributed by atoms with van der Waals surface area (Å²) in [7, 11) is 0. The number of amides is 1. The van der Waals surface area contributed by atoms with Gasteiger partial charge in [0.2, 0.25) is 0 Å². The van der Waals surface area contributed by atoms with E-state index >= 15 is 0 Å². The summed E-state index contributed by atoms with van der Waals surface area (Å²) in [4.78, 5) is 16.6. The minimum Gasteiger partial charge on any atom is -0.384 e. The van der Waals surface area contributed by atoms with Gasteiger partial charge in [-0.1, -0.05) is 18.2 Å². The maximum Gasteiger partial charge on any atom is 0.252 e. The second-order valence-electron chi connectivity index (χ2n) is 5.05. The van der Waals surface area contributed by atoms with Crippen molar-refractivity contribution in [1.82, 2.24) is 10.3 Å². The highest BCUT2D eigenvalue weighted by Gasteiger charge is 2.18. The van der Waals surface area contributed by atoms with Crippen LogP contribution in [0.3, 0.4) is 0 Å². The maximum atomic E-state index is 12.3. The van der Waals surface area contributed by atoms with Crippen molar-refractivity contribution in [3.63, 3.8) is 0 Å². The van der Waals surface area contributed by atoms with E-state index in [9.17, 15) is 4.79 Å². The highest BCUT2D eigenvalue weighted by Crippen LogP contribution is 2.19. The van der Waals surface area contributed by atoms with Crippen LogP contribution in [0.1, 0.15) is 16.8 Å². The molecule has 2 aromatic rings. The Morgan fingerprint density at radius 3 is 3.10 bits per heavy atom. The molecule has 0 radical (unpaired) electrons. The van der Waals surface area contributed by atoms with Gasteiger partial charge < -0.3 is 15.8 Å². The van der Waals surface area contributed by atoms with E-state index in [0.29, 0.717) is 23.8 Å². The number of rotatable bonds is 3. The molecule has 5 nitrogen and oxygen atoms in total. The van der Waals surface area contributed by atoms with Gasteiger partial charge in [-0.15, -0.1) is 0 Å². The van der Waals surface area contributed by atoms with Crippen LogP contribution in [-0.4, -0.2) is 30.6 Å². The third-order valence-corrected chi connectivity index (χ3v) is 3.56. The van der Waals surface area contributed by atoms with Crippen LogP contribution in [-0.2, 0) is 4.74 Å². The predicted octanol–water partition coefficient (Wildman–Crippen LogP) is 1.58. The quantitative estimate of drug-likeness (QED) is 0.888. The summed E-state index contributed by atoms with van der Waals surface area (Å²) in [6.07, 6.45) is 1.000. The van der Waals surface area contributed by atoms with Crippen molar-refractivity contribution >= 4 is 22.6 Å². The highest BCUT2D eigenvalue weighted by molar-refractivity contribution is 6.06. The van der Waals surface area contributed by atoms with Gasteiger partial charge in [0.05, 0.1) is 17.7 Å². The summed E-state index contributed by atoms with van der Waals surface area (Å²) in [6, 6.07) is 9.14. The van der Waals surface area contributed by atoms with Crippen LogP contribution in [0.5, 0.6) is 0 Å². The molecular weight excluding hydrogens is 254 g/mol. The topological polar surface area (TPSA) is 77.2 Å². The molecule has 2 heterocycles. The SMILES string of the molecule is Nc1cc(C(=O)NCC2CCOC2)c2ccccc2n1. The first-order chi connectivity index (χ1) is 9.74. The molecule has 1 saturated heterocycles. The molecule has 1 unspecified atom stereocenters. The van der Waals surface area contributed by atoms with Crippen LogP contribution >= 0.6 is 0 Å². The minimum absolute atomic E-state index is 0.109. The summed E-state index contributed by atoms with van der Waals surface area (Å²) < 4.78 is 5.30. The predicted molar refractivity (Wildman–Crippen MR) is 77.4 cm³/mol. The molecule has 1 aliphatic heterocycles. The largest absolute Gasteiger partial charge is 0.384 e. The van der Waals surface area contributed by atoms with Gasteiger partial charge in [-0.05, 0) is 18.6 Å². The molecule has 1 aromatic heterocycles. The van der Waals surface area contributed by atoms with Gasteiger partial charge in [-0.2, -0.15) is 0 Å². The van der Waals surface area contributed by atoms with Gasteiger partial charge in [-0.3, -0.25) is 4.79 Å². The van der Waals surface area contributed by atoms with Gasteiger partial charge in [0.25, 0.3) is 5.91 Å². The number of benzene rings is 1. The number of hydrogen-bond donors (Lipinski definition) is 2. The van der Waals surface area contributed by atoms with Crippen LogP contribution in [0, 0.1) is 5.92 Å². The molecule has 3 N–H and O–H groups in total. The number of aromatic nitrogens is 1. The maximum absolute atomic E-state index is 12.3. The first-order valence-electron chi connectivity index (χ1n) is 6.75. The van der Waals surface area contributed by atoms with Crippen molar-refractivity contribution in [2.75, 3.05) is 25.5 Å². The number of carbonyl (C=O) groups excluding carboxylic acids is 1. The van der Waals surface area contributed by atoms with E-state index in [2.05, 4.69) is 10.3 Å². The zero-order valence-electron chi connectivity index (χ0n) is 11.1. The van der Waals surface area contributed by atoms with E-state index in [1.165, 1.54) is 0 Å². The molecule has 1 atom stereocenters. The summed E-state index contributed by atoms with van der Waals surface area (Å²) in [5.74, 6) is 0.657. The van der Waals surface area contributed by atoms with E-state index in [0.717, 1.165) is 30.5 Å². The molecule has 0 bridgehead atoms. The summed E-state index contributed by atoms with van der Waals surface area (Å²) in [5, 5.41) is 3.78. The van der Waals surface area contributed by atoms with Crippen LogP contribution in [0.2, 0.25) is 0 Å². The van der Waals surface area contributed by atoms with E-state index < -0.39 is 0 Å². The molecule has 20 heavy (non-hydrogen) atoms. The van der Waals surface area contributed by atoms with Gasteiger partial charge in [0.15, 0.2) is 0 Å². The Kier molecular flexibility index (Phi) is 3.52. The first-order valence-corrected chi connectivity index (χ1v) is 6.75.